The molecule has 0 amide bonds. The number of hydrogen-bond donors (Lipinski definition) is 0. The van der Waals surface area contributed by atoms with E-state index in [2.05, 4.69) is 4.99 Å². The molecule has 34 heavy (non-hydrogen) atoms. The SMILES string of the molecule is CCOC(=O)C1=C(C)N=c2s/c(=C/c3ccc(SC)cc3)c(=O)n2C1c1ccc2c(c1)OCO2. The number of hydrogen-bond acceptors (Lipinski definition) is 8. The van der Waals surface area contributed by atoms with Gasteiger partial charge in [-0.15, -0.1) is 11.8 Å². The number of allylic oxidation sites excluding steroid dienone is 1. The van der Waals surface area contributed by atoms with E-state index in [0.717, 1.165) is 16.0 Å². The molecular weight excluding hydrogens is 472 g/mol. The van der Waals surface area contributed by atoms with Crippen molar-refractivity contribution in [3.8, 4) is 11.5 Å². The smallest absolute Gasteiger partial charge is 0.338 e. The Balaban J connectivity index is 1.69. The fourth-order valence-corrected chi connectivity index (χ4v) is 5.50. The van der Waals surface area contributed by atoms with Crippen LogP contribution >= 0.6 is 23.1 Å². The molecule has 0 bridgehead atoms. The second kappa shape index (κ2) is 9.15. The highest BCUT2D eigenvalue weighted by Crippen LogP contribution is 2.38. The zero-order chi connectivity index (χ0) is 23.8. The topological polar surface area (TPSA) is 79.1 Å². The van der Waals surface area contributed by atoms with Crippen LogP contribution in [0.5, 0.6) is 11.5 Å². The van der Waals surface area contributed by atoms with Crippen molar-refractivity contribution in [3.63, 3.8) is 0 Å². The molecule has 2 aromatic carbocycles. The van der Waals surface area contributed by atoms with E-state index < -0.39 is 12.0 Å². The van der Waals surface area contributed by atoms with Crippen LogP contribution in [0.4, 0.5) is 0 Å². The van der Waals surface area contributed by atoms with Gasteiger partial charge in [0.05, 0.1) is 28.5 Å². The summed E-state index contributed by atoms with van der Waals surface area (Å²) in [5.74, 6) is 0.711. The molecular formula is C25H22N2O5S2. The van der Waals surface area contributed by atoms with Crippen LogP contribution in [0, 0.1) is 0 Å². The normalized spacial score (nSPS) is 16.9. The number of thioether (sulfide) groups is 1. The lowest BCUT2D eigenvalue weighted by atomic mass is 9.95. The fourth-order valence-electron chi connectivity index (χ4n) is 4.04. The lowest BCUT2D eigenvalue weighted by Crippen LogP contribution is -2.39. The lowest BCUT2D eigenvalue weighted by Gasteiger charge is -2.24. The Kier molecular flexibility index (Phi) is 6.05. The summed E-state index contributed by atoms with van der Waals surface area (Å²) in [6, 6.07) is 12.8. The second-order valence-corrected chi connectivity index (χ2v) is 9.58. The number of thiazole rings is 1. The summed E-state index contributed by atoms with van der Waals surface area (Å²) in [5, 5.41) is 0. The summed E-state index contributed by atoms with van der Waals surface area (Å²) < 4.78 is 18.4. The Labute approximate surface area is 204 Å². The van der Waals surface area contributed by atoms with Crippen LogP contribution in [0.1, 0.15) is 31.0 Å². The maximum absolute atomic E-state index is 13.6. The molecule has 9 heteroatoms. The van der Waals surface area contributed by atoms with Crippen LogP contribution < -0.4 is 24.4 Å². The maximum Gasteiger partial charge on any atom is 0.338 e. The van der Waals surface area contributed by atoms with Crippen LogP contribution in [0.2, 0.25) is 0 Å². The van der Waals surface area contributed by atoms with Crippen molar-refractivity contribution in [2.45, 2.75) is 24.8 Å². The first-order chi connectivity index (χ1) is 16.5. The molecule has 174 valence electrons. The van der Waals surface area contributed by atoms with Gasteiger partial charge in [0.15, 0.2) is 16.3 Å². The summed E-state index contributed by atoms with van der Waals surface area (Å²) in [5.41, 5.74) is 2.29. The highest BCUT2D eigenvalue weighted by atomic mass is 32.2. The van der Waals surface area contributed by atoms with Gasteiger partial charge < -0.3 is 14.2 Å². The van der Waals surface area contributed by atoms with Crippen molar-refractivity contribution >= 4 is 35.1 Å². The van der Waals surface area contributed by atoms with E-state index in [1.807, 2.05) is 48.7 Å². The molecule has 3 aromatic rings. The molecule has 0 radical (unpaired) electrons. The fraction of sp³-hybridized carbons (Fsp3) is 0.240. The summed E-state index contributed by atoms with van der Waals surface area (Å²) in [4.78, 5) is 32.9. The van der Waals surface area contributed by atoms with Crippen LogP contribution in [-0.4, -0.2) is 30.2 Å². The van der Waals surface area contributed by atoms with E-state index in [0.29, 0.717) is 32.1 Å². The highest BCUT2D eigenvalue weighted by molar-refractivity contribution is 7.98. The van der Waals surface area contributed by atoms with Crippen LogP contribution in [-0.2, 0) is 9.53 Å². The van der Waals surface area contributed by atoms with E-state index in [1.54, 1.807) is 36.2 Å². The molecule has 1 unspecified atom stereocenters. The Bertz CT molecular complexity index is 1480. The average molecular weight is 495 g/mol. The molecule has 0 aliphatic carbocycles. The number of benzene rings is 2. The number of carbonyl (C=O) groups excluding carboxylic acids is 1. The Hall–Kier alpha value is -3.30. The van der Waals surface area contributed by atoms with Gasteiger partial charge in [-0.25, -0.2) is 9.79 Å². The quantitative estimate of drug-likeness (QED) is 0.400. The predicted molar refractivity (Wildman–Crippen MR) is 131 cm³/mol. The third-order valence-corrected chi connectivity index (χ3v) is 7.37. The third kappa shape index (κ3) is 3.95. The molecule has 1 aromatic heterocycles. The number of fused-ring (bicyclic) bond motifs is 2. The Morgan fingerprint density at radius 2 is 2.00 bits per heavy atom. The third-order valence-electron chi connectivity index (χ3n) is 5.64. The van der Waals surface area contributed by atoms with Crippen molar-refractivity contribution in [1.29, 1.82) is 0 Å². The minimum atomic E-state index is -0.689. The van der Waals surface area contributed by atoms with Crippen molar-refractivity contribution in [1.82, 2.24) is 4.57 Å². The summed E-state index contributed by atoms with van der Waals surface area (Å²) >= 11 is 2.96. The van der Waals surface area contributed by atoms with Crippen LogP contribution in [0.3, 0.4) is 0 Å². The average Bonchev–Trinajstić information content (AvgIpc) is 3.42. The van der Waals surface area contributed by atoms with Crippen molar-refractivity contribution < 1.29 is 19.0 Å². The molecule has 5 rings (SSSR count). The monoisotopic (exact) mass is 494 g/mol. The van der Waals surface area contributed by atoms with Gasteiger partial charge >= 0.3 is 5.97 Å². The largest absolute Gasteiger partial charge is 0.463 e. The number of carbonyl (C=O) groups is 1. The van der Waals surface area contributed by atoms with E-state index in [4.69, 9.17) is 14.2 Å². The summed E-state index contributed by atoms with van der Waals surface area (Å²) in [7, 11) is 0. The minimum absolute atomic E-state index is 0.135. The number of nitrogens with zero attached hydrogens (tertiary/aromatic N) is 2. The van der Waals surface area contributed by atoms with Crippen molar-refractivity contribution in [2.75, 3.05) is 19.7 Å². The maximum atomic E-state index is 13.6. The van der Waals surface area contributed by atoms with Gasteiger partial charge in [-0.3, -0.25) is 9.36 Å². The van der Waals surface area contributed by atoms with Crippen LogP contribution in [0.15, 0.2) is 68.4 Å². The van der Waals surface area contributed by atoms with Gasteiger partial charge in [0, 0.05) is 4.90 Å². The molecule has 0 spiro atoms. The van der Waals surface area contributed by atoms with E-state index in [-0.39, 0.29) is 19.0 Å². The van der Waals surface area contributed by atoms with E-state index in [1.165, 1.54) is 11.3 Å². The number of rotatable bonds is 5. The van der Waals surface area contributed by atoms with Crippen LogP contribution in [0.25, 0.3) is 6.08 Å². The minimum Gasteiger partial charge on any atom is -0.463 e. The number of ether oxygens (including phenoxy) is 3. The number of aromatic nitrogens is 1. The highest BCUT2D eigenvalue weighted by Gasteiger charge is 2.34. The molecule has 0 saturated carbocycles. The zero-order valence-electron chi connectivity index (χ0n) is 18.9. The first kappa shape index (κ1) is 22.5. The van der Waals surface area contributed by atoms with Crippen molar-refractivity contribution in [3.05, 3.63) is 84.5 Å². The first-order valence-electron chi connectivity index (χ1n) is 10.7. The van der Waals surface area contributed by atoms with Gasteiger partial charge in [-0.1, -0.05) is 29.5 Å². The zero-order valence-corrected chi connectivity index (χ0v) is 20.5. The van der Waals surface area contributed by atoms with E-state index in [9.17, 15) is 9.59 Å². The molecule has 7 nitrogen and oxygen atoms in total. The summed E-state index contributed by atoms with van der Waals surface area (Å²) in [6.07, 6.45) is 3.88. The van der Waals surface area contributed by atoms with Crippen molar-refractivity contribution in [2.24, 2.45) is 4.99 Å². The van der Waals surface area contributed by atoms with Gasteiger partial charge in [0.2, 0.25) is 6.79 Å². The molecule has 0 N–H and O–H groups in total. The first-order valence-corrected chi connectivity index (χ1v) is 12.8. The van der Waals surface area contributed by atoms with Gasteiger partial charge in [0.25, 0.3) is 5.56 Å². The molecule has 2 aliphatic heterocycles. The number of esters is 1. The Morgan fingerprint density at radius 3 is 2.74 bits per heavy atom. The van der Waals surface area contributed by atoms with Gasteiger partial charge in [-0.05, 0) is 61.6 Å². The molecule has 0 fully saturated rings. The van der Waals surface area contributed by atoms with Gasteiger partial charge in [0.1, 0.15) is 0 Å². The lowest BCUT2D eigenvalue weighted by molar-refractivity contribution is -0.139. The molecule has 0 saturated heterocycles. The Morgan fingerprint density at radius 1 is 1.24 bits per heavy atom. The molecule has 1 atom stereocenters. The molecule has 3 heterocycles. The second-order valence-electron chi connectivity index (χ2n) is 7.69. The van der Waals surface area contributed by atoms with E-state index >= 15 is 0 Å². The predicted octanol–water partition coefficient (Wildman–Crippen LogP) is 3.25. The van der Waals surface area contributed by atoms with Gasteiger partial charge in [-0.2, -0.15) is 0 Å². The molecule has 2 aliphatic rings. The standard InChI is InChI=1S/C25H22N2O5S2/c1-4-30-24(29)21-14(2)26-25-27(22(21)16-7-10-18-19(12-16)32-13-31-18)23(28)20(34-25)11-15-5-8-17(33-3)9-6-15/h5-12,22H,4,13H2,1-3H3/b20-11+. The summed E-state index contributed by atoms with van der Waals surface area (Å²) in [6.45, 7) is 3.88.